The van der Waals surface area contributed by atoms with Gasteiger partial charge in [0.05, 0.1) is 5.75 Å². The predicted molar refractivity (Wildman–Crippen MR) is 91.6 cm³/mol. The molecular weight excluding hydrogens is 326 g/mol. The molecule has 0 radical (unpaired) electrons. The molecule has 3 rings (SSSR count). The van der Waals surface area contributed by atoms with Crippen molar-refractivity contribution >= 4 is 15.9 Å². The summed E-state index contributed by atoms with van der Waals surface area (Å²) in [6.45, 7) is 4.06. The molecule has 0 aromatic carbocycles. The van der Waals surface area contributed by atoms with E-state index in [4.69, 9.17) is 0 Å². The fourth-order valence-corrected chi connectivity index (χ4v) is 5.11. The van der Waals surface area contributed by atoms with Crippen molar-refractivity contribution in [3.8, 4) is 0 Å². The van der Waals surface area contributed by atoms with Crippen LogP contribution in [-0.4, -0.2) is 53.9 Å². The van der Waals surface area contributed by atoms with E-state index < -0.39 is 10.0 Å². The molecule has 1 spiro atoms. The van der Waals surface area contributed by atoms with Gasteiger partial charge in [-0.15, -0.1) is 0 Å². The molecule has 1 aromatic heterocycles. The first-order valence-electron chi connectivity index (χ1n) is 8.59. The zero-order chi connectivity index (χ0) is 17.2. The molecule has 0 saturated carbocycles. The number of rotatable bonds is 4. The maximum Gasteiger partial charge on any atom is 0.222 e. The number of hydrogen-bond acceptors (Lipinski definition) is 4. The van der Waals surface area contributed by atoms with E-state index in [2.05, 4.69) is 4.98 Å². The van der Waals surface area contributed by atoms with E-state index in [0.717, 1.165) is 24.8 Å². The third-order valence-electron chi connectivity index (χ3n) is 5.26. The van der Waals surface area contributed by atoms with E-state index in [9.17, 15) is 13.2 Å². The molecule has 0 bridgehead atoms. The number of sulfonamides is 1. The smallest absolute Gasteiger partial charge is 0.222 e. The van der Waals surface area contributed by atoms with Crippen molar-refractivity contribution in [1.29, 1.82) is 0 Å². The number of carbonyl (C=O) groups is 1. The minimum Gasteiger partial charge on any atom is -0.338 e. The molecule has 6 nitrogen and oxygen atoms in total. The summed E-state index contributed by atoms with van der Waals surface area (Å²) in [4.78, 5) is 18.2. The Hall–Kier alpha value is -1.47. The molecule has 2 fully saturated rings. The monoisotopic (exact) mass is 351 g/mol. The first-order valence-corrected chi connectivity index (χ1v) is 10.2. The average Bonchev–Trinajstić information content (AvgIpc) is 2.59. The van der Waals surface area contributed by atoms with E-state index in [-0.39, 0.29) is 17.1 Å². The van der Waals surface area contributed by atoms with Crippen LogP contribution in [-0.2, 0) is 21.4 Å². The van der Waals surface area contributed by atoms with Crippen LogP contribution < -0.4 is 0 Å². The van der Waals surface area contributed by atoms with Crippen LogP contribution in [0.25, 0.3) is 0 Å². The Morgan fingerprint density at radius 1 is 1.21 bits per heavy atom. The Morgan fingerprint density at radius 3 is 2.67 bits per heavy atom. The summed E-state index contributed by atoms with van der Waals surface area (Å²) < 4.78 is 26.1. The number of amides is 1. The topological polar surface area (TPSA) is 70.6 Å². The van der Waals surface area contributed by atoms with Gasteiger partial charge in [-0.25, -0.2) is 12.7 Å². The van der Waals surface area contributed by atoms with Gasteiger partial charge in [0.2, 0.25) is 15.9 Å². The molecule has 2 aliphatic heterocycles. The van der Waals surface area contributed by atoms with Crippen molar-refractivity contribution in [2.75, 3.05) is 25.4 Å². The molecule has 24 heavy (non-hydrogen) atoms. The second-order valence-electron chi connectivity index (χ2n) is 6.94. The van der Waals surface area contributed by atoms with Crippen LogP contribution >= 0.6 is 0 Å². The molecule has 7 heteroatoms. The summed E-state index contributed by atoms with van der Waals surface area (Å²) in [6.07, 6.45) is 6.62. The van der Waals surface area contributed by atoms with E-state index in [1.54, 1.807) is 23.6 Å². The van der Waals surface area contributed by atoms with Gasteiger partial charge in [-0.3, -0.25) is 9.78 Å². The molecular formula is C17H25N3O3S. The van der Waals surface area contributed by atoms with Gasteiger partial charge in [-0.2, -0.15) is 0 Å². The van der Waals surface area contributed by atoms with Crippen molar-refractivity contribution in [2.45, 2.75) is 39.2 Å². The molecule has 0 unspecified atom stereocenters. The molecule has 1 amide bonds. The van der Waals surface area contributed by atoms with Gasteiger partial charge in [0.15, 0.2) is 0 Å². The minimum atomic E-state index is -3.16. The van der Waals surface area contributed by atoms with Crippen LogP contribution in [0, 0.1) is 5.41 Å². The van der Waals surface area contributed by atoms with Gasteiger partial charge >= 0.3 is 0 Å². The lowest BCUT2D eigenvalue weighted by atomic mass is 9.74. The third kappa shape index (κ3) is 3.62. The van der Waals surface area contributed by atoms with Crippen LogP contribution in [0.2, 0.25) is 0 Å². The minimum absolute atomic E-state index is 0.0958. The second kappa shape index (κ2) is 6.80. The number of carbonyl (C=O) groups excluding carboxylic acids is 1. The third-order valence-corrected chi connectivity index (χ3v) is 7.08. The van der Waals surface area contributed by atoms with E-state index in [1.807, 2.05) is 17.0 Å². The van der Waals surface area contributed by atoms with Crippen molar-refractivity contribution in [3.63, 3.8) is 0 Å². The van der Waals surface area contributed by atoms with Gasteiger partial charge in [0.1, 0.15) is 0 Å². The molecule has 1 aromatic rings. The highest BCUT2D eigenvalue weighted by atomic mass is 32.2. The normalized spacial score (nSPS) is 26.0. The molecule has 0 aliphatic carbocycles. The van der Waals surface area contributed by atoms with E-state index in [1.165, 1.54) is 0 Å². The van der Waals surface area contributed by atoms with Crippen LogP contribution in [0.15, 0.2) is 24.5 Å². The van der Waals surface area contributed by atoms with Crippen LogP contribution in [0.5, 0.6) is 0 Å². The molecule has 132 valence electrons. The quantitative estimate of drug-likeness (QED) is 0.827. The number of nitrogens with zero attached hydrogens (tertiary/aromatic N) is 3. The SMILES string of the molecule is CCS(=O)(=O)N1CCC[C@]2(CCC(=O)N(Cc3ccncc3)C2)C1. The Kier molecular flexibility index (Phi) is 4.92. The number of likely N-dealkylation sites (tertiary alicyclic amines) is 1. The lowest BCUT2D eigenvalue weighted by Crippen LogP contribution is -2.55. The zero-order valence-electron chi connectivity index (χ0n) is 14.1. The second-order valence-corrected chi connectivity index (χ2v) is 9.20. The summed E-state index contributed by atoms with van der Waals surface area (Å²) in [7, 11) is -3.16. The fourth-order valence-electron chi connectivity index (χ4n) is 3.87. The summed E-state index contributed by atoms with van der Waals surface area (Å²) in [5.41, 5.74) is 0.964. The van der Waals surface area contributed by atoms with E-state index in [0.29, 0.717) is 32.6 Å². The van der Waals surface area contributed by atoms with Crippen LogP contribution in [0.1, 0.15) is 38.2 Å². The van der Waals surface area contributed by atoms with Gasteiger partial charge in [0.25, 0.3) is 0 Å². The van der Waals surface area contributed by atoms with Crippen molar-refractivity contribution in [1.82, 2.24) is 14.2 Å². The lowest BCUT2D eigenvalue weighted by Gasteiger charge is -2.47. The van der Waals surface area contributed by atoms with Gasteiger partial charge in [0, 0.05) is 50.4 Å². The van der Waals surface area contributed by atoms with Gasteiger partial charge in [-0.1, -0.05) is 0 Å². The number of pyridine rings is 1. The maximum absolute atomic E-state index is 12.3. The largest absolute Gasteiger partial charge is 0.338 e. The lowest BCUT2D eigenvalue weighted by molar-refractivity contribution is -0.139. The highest BCUT2D eigenvalue weighted by molar-refractivity contribution is 7.89. The summed E-state index contributed by atoms with van der Waals surface area (Å²) >= 11 is 0. The zero-order valence-corrected chi connectivity index (χ0v) is 15.0. The number of hydrogen-bond donors (Lipinski definition) is 0. The van der Waals surface area contributed by atoms with Crippen LogP contribution in [0.4, 0.5) is 0 Å². The highest BCUT2D eigenvalue weighted by Crippen LogP contribution is 2.40. The average molecular weight is 351 g/mol. The number of aromatic nitrogens is 1. The van der Waals surface area contributed by atoms with E-state index >= 15 is 0 Å². The molecule has 0 N–H and O–H groups in total. The van der Waals surface area contributed by atoms with Gasteiger partial charge < -0.3 is 4.90 Å². The number of piperidine rings is 2. The standard InChI is InChI=1S/C17H25N3O3S/c1-2-24(22,23)20-11-3-7-17(14-20)8-4-16(21)19(13-17)12-15-5-9-18-10-6-15/h5-6,9-10H,2-4,7-8,11-14H2,1H3/t17-/m1/s1. The fraction of sp³-hybridized carbons (Fsp3) is 0.647. The summed E-state index contributed by atoms with van der Waals surface area (Å²) in [5, 5.41) is 0. The summed E-state index contributed by atoms with van der Waals surface area (Å²) in [5.74, 6) is 0.302. The maximum atomic E-state index is 12.3. The highest BCUT2D eigenvalue weighted by Gasteiger charge is 2.43. The molecule has 2 saturated heterocycles. The molecule has 1 atom stereocenters. The van der Waals surface area contributed by atoms with Crippen molar-refractivity contribution in [3.05, 3.63) is 30.1 Å². The van der Waals surface area contributed by atoms with Crippen molar-refractivity contribution in [2.24, 2.45) is 5.41 Å². The Morgan fingerprint density at radius 2 is 1.96 bits per heavy atom. The Balaban J connectivity index is 1.75. The van der Waals surface area contributed by atoms with Crippen LogP contribution in [0.3, 0.4) is 0 Å². The predicted octanol–water partition coefficient (Wildman–Crippen LogP) is 1.64. The Labute approximate surface area is 143 Å². The van der Waals surface area contributed by atoms with Gasteiger partial charge in [-0.05, 0) is 43.9 Å². The van der Waals surface area contributed by atoms with Crippen molar-refractivity contribution < 1.29 is 13.2 Å². The first kappa shape index (κ1) is 17.4. The Bertz CT molecular complexity index is 692. The summed E-state index contributed by atoms with van der Waals surface area (Å²) in [6, 6.07) is 3.84. The molecule has 3 heterocycles. The first-order chi connectivity index (χ1) is 11.4. The molecule has 2 aliphatic rings.